The van der Waals surface area contributed by atoms with Crippen LogP contribution in [0.25, 0.3) is 16.7 Å². The molecule has 1 aliphatic heterocycles. The topological polar surface area (TPSA) is 136 Å². The first-order chi connectivity index (χ1) is 20.1. The van der Waals surface area contributed by atoms with Crippen LogP contribution in [0.1, 0.15) is 33.3 Å². The second-order valence-electron chi connectivity index (χ2n) is 11.2. The van der Waals surface area contributed by atoms with Gasteiger partial charge in [-0.05, 0) is 64.4 Å². The van der Waals surface area contributed by atoms with Crippen molar-refractivity contribution in [1.82, 2.24) is 39.4 Å². The Bertz CT molecular complexity index is 1770. The summed E-state index contributed by atoms with van der Waals surface area (Å²) in [6.45, 7) is 11.2. The Hall–Kier alpha value is -5.07. The molecule has 0 radical (unpaired) electrons. The molecule has 1 fully saturated rings. The fraction of sp³-hybridized carbons (Fsp3) is 0.345. The summed E-state index contributed by atoms with van der Waals surface area (Å²) in [5.74, 6) is 2.52. The molecule has 1 amide bonds. The van der Waals surface area contributed by atoms with Crippen LogP contribution >= 0.6 is 0 Å². The Kier molecular flexibility index (Phi) is 6.93. The lowest BCUT2D eigenvalue weighted by molar-refractivity contribution is 0.0158. The van der Waals surface area contributed by atoms with Crippen LogP contribution in [0.2, 0.25) is 0 Å². The third-order valence-electron chi connectivity index (χ3n) is 6.82. The molecular formula is C29H32N10O3. The van der Waals surface area contributed by atoms with E-state index in [9.17, 15) is 4.79 Å². The molecule has 1 aliphatic rings. The van der Waals surface area contributed by atoms with Crippen molar-refractivity contribution >= 4 is 40.2 Å². The Labute approximate surface area is 242 Å². The number of rotatable bonds is 5. The number of pyridine rings is 1. The number of carbonyl (C=O) groups is 1. The van der Waals surface area contributed by atoms with Crippen molar-refractivity contribution in [3.63, 3.8) is 0 Å². The lowest BCUT2D eigenvalue weighted by Gasteiger charge is -2.40. The molecule has 1 atom stereocenters. The number of carbonyl (C=O) groups excluding carboxylic acids is 1. The van der Waals surface area contributed by atoms with E-state index in [1.54, 1.807) is 21.8 Å². The average molecular weight is 569 g/mol. The Morgan fingerprint density at radius 3 is 2.69 bits per heavy atom. The largest absolute Gasteiger partial charge is 0.457 e. The predicted octanol–water partition coefficient (Wildman–Crippen LogP) is 4.75. The molecule has 0 unspecified atom stereocenters. The van der Waals surface area contributed by atoms with E-state index in [4.69, 9.17) is 14.5 Å². The van der Waals surface area contributed by atoms with Crippen LogP contribution < -0.4 is 15.0 Å². The van der Waals surface area contributed by atoms with E-state index in [1.807, 2.05) is 65.0 Å². The van der Waals surface area contributed by atoms with Gasteiger partial charge in [0.15, 0.2) is 11.5 Å². The van der Waals surface area contributed by atoms with Crippen molar-refractivity contribution in [3.8, 4) is 11.5 Å². The smallest absolute Gasteiger partial charge is 0.410 e. The summed E-state index contributed by atoms with van der Waals surface area (Å²) >= 11 is 0. The quantitative estimate of drug-likeness (QED) is 0.314. The number of nitrogens with zero attached hydrogens (tertiary/aromatic N) is 9. The number of hydrogen-bond acceptors (Lipinski definition) is 11. The number of amides is 1. The Morgan fingerprint density at radius 1 is 1.05 bits per heavy atom. The van der Waals surface area contributed by atoms with Gasteiger partial charge in [0.05, 0.1) is 6.20 Å². The monoisotopic (exact) mass is 568 g/mol. The summed E-state index contributed by atoms with van der Waals surface area (Å²) in [4.78, 5) is 38.9. The van der Waals surface area contributed by atoms with E-state index in [2.05, 4.69) is 35.3 Å². The highest BCUT2D eigenvalue weighted by molar-refractivity contribution is 5.87. The number of nitrogens with one attached hydrogen (secondary N) is 1. The Morgan fingerprint density at radius 2 is 1.90 bits per heavy atom. The van der Waals surface area contributed by atoms with Gasteiger partial charge in [-0.3, -0.25) is 0 Å². The number of aryl methyl sites for hydroxylation is 1. The number of fused-ring (bicyclic) bond motifs is 2. The van der Waals surface area contributed by atoms with Crippen molar-refractivity contribution in [3.05, 3.63) is 60.9 Å². The zero-order valence-electron chi connectivity index (χ0n) is 24.1. The molecular weight excluding hydrogens is 536 g/mol. The molecule has 1 aromatic carbocycles. The first-order valence-corrected chi connectivity index (χ1v) is 13.7. The maximum absolute atomic E-state index is 12.6. The van der Waals surface area contributed by atoms with Crippen molar-refractivity contribution in [2.24, 2.45) is 0 Å². The number of benzene rings is 1. The molecule has 0 saturated carbocycles. The van der Waals surface area contributed by atoms with E-state index < -0.39 is 5.60 Å². The van der Waals surface area contributed by atoms with Crippen molar-refractivity contribution in [2.45, 2.75) is 46.3 Å². The highest BCUT2D eigenvalue weighted by atomic mass is 16.6. The molecule has 1 N–H and O–H groups in total. The van der Waals surface area contributed by atoms with Gasteiger partial charge in [0.1, 0.15) is 40.8 Å². The number of aromatic nitrogens is 7. The highest BCUT2D eigenvalue weighted by Crippen LogP contribution is 2.30. The van der Waals surface area contributed by atoms with Gasteiger partial charge >= 0.3 is 6.09 Å². The number of piperazine rings is 1. The van der Waals surface area contributed by atoms with Crippen molar-refractivity contribution in [2.75, 3.05) is 29.9 Å². The van der Waals surface area contributed by atoms with Crippen LogP contribution in [0.3, 0.4) is 0 Å². The maximum Gasteiger partial charge on any atom is 0.410 e. The fourth-order valence-corrected chi connectivity index (χ4v) is 4.79. The first kappa shape index (κ1) is 27.1. The van der Waals surface area contributed by atoms with Gasteiger partial charge in [-0.15, -0.1) is 0 Å². The lowest BCUT2D eigenvalue weighted by atomic mass is 10.2. The summed E-state index contributed by atoms with van der Waals surface area (Å²) in [7, 11) is 0. The number of anilines is 3. The normalized spacial score (nSPS) is 15.7. The zero-order chi connectivity index (χ0) is 29.4. The SMILES string of the molecule is Cc1cc(Nc2ncnc3cnc(N4CCN(C(=O)OC(C)(C)C)[C@@H](C)C4)nc23)ccc1Oc1ccn2ncnc2c1. The molecule has 216 valence electrons. The Balaban J connectivity index is 1.18. The average Bonchev–Trinajstić information content (AvgIpc) is 3.41. The fourth-order valence-electron chi connectivity index (χ4n) is 4.79. The molecule has 0 aliphatic carbocycles. The molecule has 42 heavy (non-hydrogen) atoms. The predicted molar refractivity (Wildman–Crippen MR) is 157 cm³/mol. The van der Waals surface area contributed by atoms with Crippen molar-refractivity contribution < 1.29 is 14.3 Å². The van der Waals surface area contributed by atoms with Crippen LogP contribution in [-0.4, -0.2) is 76.8 Å². The number of ether oxygens (including phenoxy) is 2. The minimum atomic E-state index is -0.543. The second kappa shape index (κ2) is 10.7. The third-order valence-corrected chi connectivity index (χ3v) is 6.82. The minimum absolute atomic E-state index is 0.0699. The van der Waals surface area contributed by atoms with Crippen LogP contribution in [0.5, 0.6) is 11.5 Å². The van der Waals surface area contributed by atoms with Gasteiger partial charge in [0, 0.05) is 43.6 Å². The van der Waals surface area contributed by atoms with Gasteiger partial charge in [-0.1, -0.05) is 0 Å². The van der Waals surface area contributed by atoms with Crippen LogP contribution in [-0.2, 0) is 4.74 Å². The highest BCUT2D eigenvalue weighted by Gasteiger charge is 2.32. The van der Waals surface area contributed by atoms with Gasteiger partial charge in [-0.2, -0.15) is 5.10 Å². The lowest BCUT2D eigenvalue weighted by Crippen LogP contribution is -2.55. The molecule has 6 rings (SSSR count). The molecule has 0 bridgehead atoms. The van der Waals surface area contributed by atoms with Gasteiger partial charge in [0.25, 0.3) is 0 Å². The molecule has 5 aromatic rings. The molecule has 5 heterocycles. The van der Waals surface area contributed by atoms with Gasteiger partial charge in [0.2, 0.25) is 5.95 Å². The van der Waals surface area contributed by atoms with E-state index >= 15 is 0 Å². The molecule has 13 heteroatoms. The first-order valence-electron chi connectivity index (χ1n) is 13.7. The zero-order valence-corrected chi connectivity index (χ0v) is 24.1. The summed E-state index contributed by atoms with van der Waals surface area (Å²) in [5, 5.41) is 7.49. The van der Waals surface area contributed by atoms with E-state index in [0.29, 0.717) is 53.8 Å². The maximum atomic E-state index is 12.6. The molecule has 0 spiro atoms. The molecule has 4 aromatic heterocycles. The number of hydrogen-bond donors (Lipinski definition) is 1. The standard InChI is InChI=1S/C29H32N10O3/c1-18-12-20(6-7-23(18)41-21-8-9-39-24(13-21)32-17-34-39)35-26-25-22(31-16-33-26)14-30-27(36-25)37-10-11-38(19(2)15-37)28(40)42-29(3,4)5/h6-9,12-14,16-17,19H,10-11,15H2,1-5H3,(H,31,33,35)/t19-/m0/s1. The van der Waals surface area contributed by atoms with Crippen LogP contribution in [0.15, 0.2) is 55.4 Å². The summed E-state index contributed by atoms with van der Waals surface area (Å²) < 4.78 is 13.4. The van der Waals surface area contributed by atoms with Gasteiger partial charge in [-0.25, -0.2) is 34.2 Å². The van der Waals surface area contributed by atoms with Crippen molar-refractivity contribution in [1.29, 1.82) is 0 Å². The molecule has 1 saturated heterocycles. The molecule has 13 nitrogen and oxygen atoms in total. The van der Waals surface area contributed by atoms with Gasteiger partial charge < -0.3 is 24.6 Å². The summed E-state index contributed by atoms with van der Waals surface area (Å²) in [6, 6.07) is 9.42. The second-order valence-corrected chi connectivity index (χ2v) is 11.2. The van der Waals surface area contributed by atoms with E-state index in [0.717, 1.165) is 17.0 Å². The summed E-state index contributed by atoms with van der Waals surface area (Å²) in [5.41, 5.74) is 3.15. The van der Waals surface area contributed by atoms with Crippen LogP contribution in [0, 0.1) is 6.92 Å². The van der Waals surface area contributed by atoms with E-state index in [-0.39, 0.29) is 12.1 Å². The third kappa shape index (κ3) is 5.71. The van der Waals surface area contributed by atoms with E-state index in [1.165, 1.54) is 12.7 Å². The van der Waals surface area contributed by atoms with Crippen LogP contribution in [0.4, 0.5) is 22.2 Å². The summed E-state index contributed by atoms with van der Waals surface area (Å²) in [6.07, 6.45) is 6.19. The minimum Gasteiger partial charge on any atom is -0.457 e.